The van der Waals surface area contributed by atoms with E-state index in [0.29, 0.717) is 6.54 Å². The van der Waals surface area contributed by atoms with Crippen molar-refractivity contribution < 1.29 is 4.42 Å². The van der Waals surface area contributed by atoms with Crippen molar-refractivity contribution >= 4 is 5.96 Å². The van der Waals surface area contributed by atoms with Crippen LogP contribution >= 0.6 is 0 Å². The van der Waals surface area contributed by atoms with Gasteiger partial charge in [0.05, 0.1) is 12.3 Å². The normalized spacial score (nSPS) is 13.1. The fourth-order valence-corrected chi connectivity index (χ4v) is 2.67. The van der Waals surface area contributed by atoms with E-state index in [1.165, 1.54) is 11.1 Å². The Kier molecular flexibility index (Phi) is 7.54. The molecular weight excluding hydrogens is 312 g/mol. The molecular formula is C20H30N4O. The third kappa shape index (κ3) is 5.94. The fraction of sp³-hybridized carbons (Fsp3) is 0.450. The summed E-state index contributed by atoms with van der Waals surface area (Å²) in [6.07, 6.45) is 2.74. The zero-order chi connectivity index (χ0) is 18.1. The SMILES string of the molecule is CCNC(=NCc1ccco1)NCC(c1ccc(CC)cc1)N(C)C. The van der Waals surface area contributed by atoms with Gasteiger partial charge >= 0.3 is 0 Å². The number of furan rings is 1. The van der Waals surface area contributed by atoms with E-state index in [1.807, 2.05) is 12.1 Å². The third-order valence-corrected chi connectivity index (χ3v) is 4.18. The number of likely N-dealkylation sites (N-methyl/N-ethyl adjacent to an activating group) is 1. The van der Waals surface area contributed by atoms with Crippen LogP contribution < -0.4 is 10.6 Å². The van der Waals surface area contributed by atoms with Crippen LogP contribution in [0.2, 0.25) is 0 Å². The molecule has 0 radical (unpaired) electrons. The van der Waals surface area contributed by atoms with Crippen LogP contribution in [0.25, 0.3) is 0 Å². The Morgan fingerprint density at radius 3 is 2.44 bits per heavy atom. The zero-order valence-electron chi connectivity index (χ0n) is 15.7. The summed E-state index contributed by atoms with van der Waals surface area (Å²) >= 11 is 0. The van der Waals surface area contributed by atoms with Crippen molar-refractivity contribution in [3.8, 4) is 0 Å². The van der Waals surface area contributed by atoms with E-state index in [2.05, 4.69) is 72.7 Å². The molecule has 0 saturated carbocycles. The first kappa shape index (κ1) is 19.1. The van der Waals surface area contributed by atoms with Crippen molar-refractivity contribution in [2.24, 2.45) is 4.99 Å². The first-order valence-electron chi connectivity index (χ1n) is 8.93. The Bertz CT molecular complexity index is 632. The van der Waals surface area contributed by atoms with Gasteiger partial charge < -0.3 is 20.0 Å². The van der Waals surface area contributed by atoms with E-state index in [4.69, 9.17) is 4.42 Å². The molecule has 25 heavy (non-hydrogen) atoms. The molecule has 2 N–H and O–H groups in total. The maximum Gasteiger partial charge on any atom is 0.191 e. The van der Waals surface area contributed by atoms with Crippen molar-refractivity contribution in [1.29, 1.82) is 0 Å². The standard InChI is InChI=1S/C20H30N4O/c1-5-16-9-11-17(12-10-16)19(24(3)4)15-23-20(21-6-2)22-14-18-8-7-13-25-18/h7-13,19H,5-6,14-15H2,1-4H3,(H2,21,22,23). The van der Waals surface area contributed by atoms with E-state index in [0.717, 1.165) is 31.2 Å². The molecule has 0 spiro atoms. The van der Waals surface area contributed by atoms with Gasteiger partial charge in [-0.2, -0.15) is 0 Å². The minimum atomic E-state index is 0.276. The molecule has 0 aliphatic carbocycles. The van der Waals surface area contributed by atoms with E-state index in [1.54, 1.807) is 6.26 Å². The van der Waals surface area contributed by atoms with Crippen molar-refractivity contribution in [1.82, 2.24) is 15.5 Å². The molecule has 0 aliphatic heterocycles. The average molecular weight is 342 g/mol. The molecule has 0 saturated heterocycles. The predicted octanol–water partition coefficient (Wildman–Crippen LogP) is 3.20. The molecule has 1 unspecified atom stereocenters. The number of benzene rings is 1. The molecule has 5 nitrogen and oxygen atoms in total. The molecule has 1 aromatic carbocycles. The number of rotatable bonds is 8. The Hall–Kier alpha value is -2.27. The van der Waals surface area contributed by atoms with Crippen molar-refractivity contribution in [2.75, 3.05) is 27.2 Å². The fourth-order valence-electron chi connectivity index (χ4n) is 2.67. The summed E-state index contributed by atoms with van der Waals surface area (Å²) in [4.78, 5) is 6.82. The number of hydrogen-bond acceptors (Lipinski definition) is 3. The molecule has 2 aromatic rings. The zero-order valence-corrected chi connectivity index (χ0v) is 15.7. The second kappa shape index (κ2) is 9.89. The summed E-state index contributed by atoms with van der Waals surface area (Å²) in [5.74, 6) is 1.66. The van der Waals surface area contributed by atoms with Crippen molar-refractivity contribution in [2.45, 2.75) is 32.9 Å². The van der Waals surface area contributed by atoms with E-state index < -0.39 is 0 Å². The van der Waals surface area contributed by atoms with Crippen LogP contribution in [0.5, 0.6) is 0 Å². The van der Waals surface area contributed by atoms with Gasteiger partial charge in [0.2, 0.25) is 0 Å². The molecule has 0 aliphatic rings. The lowest BCUT2D eigenvalue weighted by molar-refractivity contribution is 0.298. The van der Waals surface area contributed by atoms with Gasteiger partial charge in [0.15, 0.2) is 5.96 Å². The van der Waals surface area contributed by atoms with Crippen LogP contribution in [0, 0.1) is 0 Å². The van der Waals surface area contributed by atoms with Gasteiger partial charge in [0.1, 0.15) is 12.3 Å². The summed E-state index contributed by atoms with van der Waals surface area (Å²) in [7, 11) is 4.21. The van der Waals surface area contributed by atoms with Crippen LogP contribution in [-0.4, -0.2) is 38.0 Å². The van der Waals surface area contributed by atoms with Gasteiger partial charge in [-0.1, -0.05) is 31.2 Å². The lowest BCUT2D eigenvalue weighted by atomic mass is 10.0. The van der Waals surface area contributed by atoms with Gasteiger partial charge in [0.25, 0.3) is 0 Å². The first-order valence-corrected chi connectivity index (χ1v) is 8.93. The maximum atomic E-state index is 5.35. The highest BCUT2D eigenvalue weighted by atomic mass is 16.3. The first-order chi connectivity index (χ1) is 12.1. The largest absolute Gasteiger partial charge is 0.467 e. The monoisotopic (exact) mass is 342 g/mol. The molecule has 136 valence electrons. The summed E-state index contributed by atoms with van der Waals surface area (Å²) in [6.45, 7) is 6.37. The molecule has 2 rings (SSSR count). The molecule has 1 heterocycles. The number of nitrogens with zero attached hydrogens (tertiary/aromatic N) is 2. The quantitative estimate of drug-likeness (QED) is 0.571. The highest BCUT2D eigenvalue weighted by Gasteiger charge is 2.14. The third-order valence-electron chi connectivity index (χ3n) is 4.18. The topological polar surface area (TPSA) is 52.8 Å². The number of aliphatic imine (C=N–C) groups is 1. The Morgan fingerprint density at radius 1 is 1.12 bits per heavy atom. The number of hydrogen-bond donors (Lipinski definition) is 2. The molecule has 0 fully saturated rings. The van der Waals surface area contributed by atoms with Crippen molar-refractivity contribution in [3.05, 3.63) is 59.5 Å². The van der Waals surface area contributed by atoms with E-state index >= 15 is 0 Å². The van der Waals surface area contributed by atoms with Gasteiger partial charge in [-0.15, -0.1) is 0 Å². The van der Waals surface area contributed by atoms with Crippen LogP contribution in [-0.2, 0) is 13.0 Å². The average Bonchev–Trinajstić information content (AvgIpc) is 3.13. The number of aryl methyl sites for hydroxylation is 1. The molecule has 1 atom stereocenters. The Balaban J connectivity index is 2.02. The van der Waals surface area contributed by atoms with Crippen molar-refractivity contribution in [3.63, 3.8) is 0 Å². The van der Waals surface area contributed by atoms with Gasteiger partial charge in [0, 0.05) is 13.1 Å². The summed E-state index contributed by atoms with van der Waals surface area (Å²) < 4.78 is 5.35. The van der Waals surface area contributed by atoms with Crippen LogP contribution in [0.1, 0.15) is 36.8 Å². The molecule has 5 heteroatoms. The van der Waals surface area contributed by atoms with Crippen LogP contribution in [0.4, 0.5) is 0 Å². The smallest absolute Gasteiger partial charge is 0.191 e. The molecule has 0 amide bonds. The van der Waals surface area contributed by atoms with E-state index in [9.17, 15) is 0 Å². The minimum Gasteiger partial charge on any atom is -0.467 e. The minimum absolute atomic E-state index is 0.276. The van der Waals surface area contributed by atoms with Crippen LogP contribution in [0.15, 0.2) is 52.1 Å². The Labute approximate surface area is 151 Å². The summed E-state index contributed by atoms with van der Waals surface area (Å²) in [5, 5.41) is 6.73. The van der Waals surface area contributed by atoms with Gasteiger partial charge in [-0.05, 0) is 50.7 Å². The number of guanidine groups is 1. The Morgan fingerprint density at radius 2 is 1.88 bits per heavy atom. The lowest BCUT2D eigenvalue weighted by Crippen LogP contribution is -2.41. The van der Waals surface area contributed by atoms with Gasteiger partial charge in [-0.25, -0.2) is 4.99 Å². The highest BCUT2D eigenvalue weighted by molar-refractivity contribution is 5.79. The maximum absolute atomic E-state index is 5.35. The second-order valence-corrected chi connectivity index (χ2v) is 6.23. The predicted molar refractivity (Wildman–Crippen MR) is 104 cm³/mol. The molecule has 0 bridgehead atoms. The van der Waals surface area contributed by atoms with Crippen LogP contribution in [0.3, 0.4) is 0 Å². The number of nitrogens with one attached hydrogen (secondary N) is 2. The van der Waals surface area contributed by atoms with E-state index in [-0.39, 0.29) is 6.04 Å². The van der Waals surface area contributed by atoms with Gasteiger partial charge in [-0.3, -0.25) is 0 Å². The second-order valence-electron chi connectivity index (χ2n) is 6.23. The summed E-state index contributed by atoms with van der Waals surface area (Å²) in [5.41, 5.74) is 2.67. The summed E-state index contributed by atoms with van der Waals surface area (Å²) in [6, 6.07) is 13.0. The highest BCUT2D eigenvalue weighted by Crippen LogP contribution is 2.18. The molecule has 1 aromatic heterocycles. The lowest BCUT2D eigenvalue weighted by Gasteiger charge is -2.26.